The van der Waals surface area contributed by atoms with E-state index < -0.39 is 0 Å². The van der Waals surface area contributed by atoms with Crippen molar-refractivity contribution in [2.75, 3.05) is 13.2 Å². The highest BCUT2D eigenvalue weighted by Crippen LogP contribution is 2.21. The van der Waals surface area contributed by atoms with Gasteiger partial charge in [0.05, 0.1) is 11.0 Å². The molecule has 0 aliphatic carbocycles. The molecule has 0 spiro atoms. The van der Waals surface area contributed by atoms with Gasteiger partial charge in [-0.3, -0.25) is 0 Å². The van der Waals surface area contributed by atoms with Crippen molar-refractivity contribution < 1.29 is 4.74 Å². The van der Waals surface area contributed by atoms with Crippen LogP contribution in [-0.4, -0.2) is 28.8 Å². The Kier molecular flexibility index (Phi) is 4.56. The van der Waals surface area contributed by atoms with Gasteiger partial charge in [0.25, 0.3) is 0 Å². The van der Waals surface area contributed by atoms with E-state index in [-0.39, 0.29) is 6.04 Å². The fourth-order valence-electron chi connectivity index (χ4n) is 3.27. The van der Waals surface area contributed by atoms with E-state index in [1.165, 1.54) is 5.52 Å². The van der Waals surface area contributed by atoms with Crippen LogP contribution < -0.4 is 5.73 Å². The van der Waals surface area contributed by atoms with E-state index in [0.29, 0.717) is 5.92 Å². The van der Waals surface area contributed by atoms with Crippen LogP contribution in [0.1, 0.15) is 32.0 Å². The molecule has 4 heteroatoms. The van der Waals surface area contributed by atoms with Crippen LogP contribution in [0.4, 0.5) is 0 Å². The zero-order chi connectivity index (χ0) is 14.7. The van der Waals surface area contributed by atoms with E-state index in [1.54, 1.807) is 0 Å². The largest absolute Gasteiger partial charge is 0.381 e. The lowest BCUT2D eigenvalue weighted by Crippen LogP contribution is -2.27. The minimum Gasteiger partial charge on any atom is -0.381 e. The van der Waals surface area contributed by atoms with Gasteiger partial charge in [-0.25, -0.2) is 4.98 Å². The van der Waals surface area contributed by atoms with Crippen molar-refractivity contribution in [3.63, 3.8) is 0 Å². The van der Waals surface area contributed by atoms with Gasteiger partial charge in [-0.05, 0) is 37.3 Å². The van der Waals surface area contributed by atoms with Crippen molar-refractivity contribution in [3.05, 3.63) is 30.1 Å². The van der Waals surface area contributed by atoms with Crippen molar-refractivity contribution >= 4 is 11.0 Å². The summed E-state index contributed by atoms with van der Waals surface area (Å²) in [6.07, 6.45) is 4.15. The summed E-state index contributed by atoms with van der Waals surface area (Å²) in [5.41, 5.74) is 8.67. The predicted octanol–water partition coefficient (Wildman–Crippen LogP) is 2.74. The molecular weight excluding hydrogens is 262 g/mol. The number of para-hydroxylation sites is 2. The van der Waals surface area contributed by atoms with Crippen LogP contribution >= 0.6 is 0 Å². The van der Waals surface area contributed by atoms with E-state index in [1.807, 2.05) is 6.07 Å². The van der Waals surface area contributed by atoms with Crippen LogP contribution in [0, 0.1) is 5.92 Å². The fourth-order valence-corrected chi connectivity index (χ4v) is 3.27. The number of benzene rings is 1. The summed E-state index contributed by atoms with van der Waals surface area (Å²) in [6, 6.07) is 8.53. The van der Waals surface area contributed by atoms with Gasteiger partial charge in [0.2, 0.25) is 0 Å². The Labute approximate surface area is 126 Å². The molecule has 2 unspecified atom stereocenters. The Hall–Kier alpha value is -1.39. The van der Waals surface area contributed by atoms with Crippen LogP contribution in [0.2, 0.25) is 0 Å². The van der Waals surface area contributed by atoms with Gasteiger partial charge in [-0.15, -0.1) is 0 Å². The van der Waals surface area contributed by atoms with Gasteiger partial charge in [-0.1, -0.05) is 19.1 Å². The van der Waals surface area contributed by atoms with Crippen LogP contribution in [0.3, 0.4) is 0 Å². The summed E-state index contributed by atoms with van der Waals surface area (Å²) >= 11 is 0. The van der Waals surface area contributed by atoms with Crippen LogP contribution in [0.15, 0.2) is 24.3 Å². The van der Waals surface area contributed by atoms with E-state index in [9.17, 15) is 0 Å². The third-order valence-corrected chi connectivity index (χ3v) is 4.29. The molecular formula is C17H25N3O. The first-order valence-corrected chi connectivity index (χ1v) is 8.05. The molecule has 1 fully saturated rings. The third kappa shape index (κ3) is 3.27. The number of nitrogens with two attached hydrogens (primary N) is 1. The van der Waals surface area contributed by atoms with E-state index >= 15 is 0 Å². The van der Waals surface area contributed by atoms with Crippen LogP contribution in [0.5, 0.6) is 0 Å². The average Bonchev–Trinajstić information content (AvgIpc) is 3.08. The smallest absolute Gasteiger partial charge is 0.111 e. The molecule has 21 heavy (non-hydrogen) atoms. The summed E-state index contributed by atoms with van der Waals surface area (Å²) in [4.78, 5) is 4.80. The maximum absolute atomic E-state index is 6.36. The number of nitrogens with zero attached hydrogens (tertiary/aromatic N) is 2. The molecule has 1 saturated heterocycles. The Balaban J connectivity index is 1.76. The van der Waals surface area contributed by atoms with Crippen LogP contribution in [-0.2, 0) is 17.7 Å². The molecule has 2 aromatic rings. The Morgan fingerprint density at radius 2 is 2.29 bits per heavy atom. The molecule has 0 amide bonds. The zero-order valence-electron chi connectivity index (χ0n) is 12.8. The minimum atomic E-state index is 0.170. The monoisotopic (exact) mass is 287 g/mol. The molecule has 2 atom stereocenters. The highest BCUT2D eigenvalue weighted by molar-refractivity contribution is 5.75. The Morgan fingerprint density at radius 3 is 3.05 bits per heavy atom. The number of fused-ring (bicyclic) bond motifs is 1. The third-order valence-electron chi connectivity index (χ3n) is 4.29. The lowest BCUT2D eigenvalue weighted by Gasteiger charge is -2.16. The molecule has 1 aromatic carbocycles. The molecule has 114 valence electrons. The molecule has 1 aliphatic heterocycles. The van der Waals surface area contributed by atoms with Gasteiger partial charge in [-0.2, -0.15) is 0 Å². The summed E-state index contributed by atoms with van der Waals surface area (Å²) in [5, 5.41) is 0. The summed E-state index contributed by atoms with van der Waals surface area (Å²) in [7, 11) is 0. The predicted molar refractivity (Wildman–Crippen MR) is 85.2 cm³/mol. The lowest BCUT2D eigenvalue weighted by atomic mass is 9.97. The number of imidazole rings is 1. The van der Waals surface area contributed by atoms with Gasteiger partial charge >= 0.3 is 0 Å². The zero-order valence-corrected chi connectivity index (χ0v) is 12.8. The van der Waals surface area contributed by atoms with Gasteiger partial charge in [0.1, 0.15) is 5.82 Å². The minimum absolute atomic E-state index is 0.170. The topological polar surface area (TPSA) is 53.1 Å². The molecule has 2 N–H and O–H groups in total. The summed E-state index contributed by atoms with van der Waals surface area (Å²) < 4.78 is 7.78. The summed E-state index contributed by atoms with van der Waals surface area (Å²) in [6.45, 7) is 4.98. The second kappa shape index (κ2) is 6.58. The summed E-state index contributed by atoms with van der Waals surface area (Å²) in [5.74, 6) is 1.76. The van der Waals surface area contributed by atoms with Crippen molar-refractivity contribution in [1.82, 2.24) is 9.55 Å². The normalized spacial score (nSPS) is 20.2. The SMILES string of the molecule is CCCn1c(CC(N)CC2CCOC2)nc2ccccc21. The number of aryl methyl sites for hydroxylation is 1. The van der Waals surface area contributed by atoms with Crippen molar-refractivity contribution in [2.24, 2.45) is 11.7 Å². The highest BCUT2D eigenvalue weighted by atomic mass is 16.5. The van der Waals surface area contributed by atoms with Gasteiger partial charge in [0, 0.05) is 32.2 Å². The number of aromatic nitrogens is 2. The number of hydrogen-bond donors (Lipinski definition) is 1. The quantitative estimate of drug-likeness (QED) is 0.889. The number of hydrogen-bond acceptors (Lipinski definition) is 3. The van der Waals surface area contributed by atoms with Crippen LogP contribution in [0.25, 0.3) is 11.0 Å². The van der Waals surface area contributed by atoms with E-state index in [0.717, 1.165) is 56.8 Å². The maximum atomic E-state index is 6.36. The maximum Gasteiger partial charge on any atom is 0.111 e. The average molecular weight is 287 g/mol. The Morgan fingerprint density at radius 1 is 1.43 bits per heavy atom. The highest BCUT2D eigenvalue weighted by Gasteiger charge is 2.20. The molecule has 3 rings (SSSR count). The van der Waals surface area contributed by atoms with Gasteiger partial charge in [0.15, 0.2) is 0 Å². The lowest BCUT2D eigenvalue weighted by molar-refractivity contribution is 0.182. The fraction of sp³-hybridized carbons (Fsp3) is 0.588. The van der Waals surface area contributed by atoms with E-state index in [4.69, 9.17) is 15.5 Å². The molecule has 1 aromatic heterocycles. The van der Waals surface area contributed by atoms with E-state index in [2.05, 4.69) is 29.7 Å². The number of rotatable bonds is 6. The number of ether oxygens (including phenoxy) is 1. The molecule has 0 bridgehead atoms. The van der Waals surface area contributed by atoms with Gasteiger partial charge < -0.3 is 15.0 Å². The molecule has 4 nitrogen and oxygen atoms in total. The van der Waals surface area contributed by atoms with Crippen molar-refractivity contribution in [1.29, 1.82) is 0 Å². The molecule has 2 heterocycles. The molecule has 1 aliphatic rings. The second-order valence-electron chi connectivity index (χ2n) is 6.10. The molecule has 0 radical (unpaired) electrons. The van der Waals surface area contributed by atoms with Crippen molar-refractivity contribution in [2.45, 2.75) is 45.2 Å². The molecule has 0 saturated carbocycles. The van der Waals surface area contributed by atoms with Crippen molar-refractivity contribution in [3.8, 4) is 0 Å². The standard InChI is InChI=1S/C17H25N3O/c1-2-8-20-16-6-4-3-5-15(16)19-17(20)11-14(18)10-13-7-9-21-12-13/h3-6,13-14H,2,7-12,18H2,1H3. The second-order valence-corrected chi connectivity index (χ2v) is 6.10. The first-order chi connectivity index (χ1) is 10.3. The Bertz CT molecular complexity index is 587. The first kappa shape index (κ1) is 14.5. The first-order valence-electron chi connectivity index (χ1n) is 8.05.